The predicted octanol–water partition coefficient (Wildman–Crippen LogP) is 1.46. The summed E-state index contributed by atoms with van der Waals surface area (Å²) in [5.41, 5.74) is 2.58. The molecular weight excluding hydrogens is 360 g/mol. The first-order valence-corrected chi connectivity index (χ1v) is 9.02. The number of hydrogen-bond donors (Lipinski definition) is 2. The van der Waals surface area contributed by atoms with E-state index < -0.39 is 23.8 Å². The molecule has 1 atom stereocenters. The van der Waals surface area contributed by atoms with Crippen LogP contribution < -0.4 is 5.32 Å². The molecule has 0 aliphatic carbocycles. The molecule has 0 aromatic heterocycles. The standard InChI is InChI=1S/C21H22N2O5/c1-14-6-8-15(9-7-14)18(28-11-10-24)12-22-19(25)13-23-20(26)16-4-2-3-5-17(16)21(23)27/h2-9,18,24H,10-13H2,1H3,(H,22,25). The van der Waals surface area contributed by atoms with Crippen molar-refractivity contribution in [3.8, 4) is 0 Å². The van der Waals surface area contributed by atoms with Gasteiger partial charge in [-0.3, -0.25) is 19.3 Å². The Morgan fingerprint density at radius 3 is 2.25 bits per heavy atom. The van der Waals surface area contributed by atoms with Crippen LogP contribution >= 0.6 is 0 Å². The largest absolute Gasteiger partial charge is 0.394 e. The lowest BCUT2D eigenvalue weighted by atomic mass is 10.1. The van der Waals surface area contributed by atoms with Crippen molar-refractivity contribution in [3.63, 3.8) is 0 Å². The average Bonchev–Trinajstić information content (AvgIpc) is 2.94. The molecule has 2 N–H and O–H groups in total. The SMILES string of the molecule is Cc1ccc(C(CNC(=O)CN2C(=O)c3ccccc3C2=O)OCCO)cc1. The lowest BCUT2D eigenvalue weighted by Gasteiger charge is -2.20. The van der Waals surface area contributed by atoms with Crippen molar-refractivity contribution in [1.82, 2.24) is 10.2 Å². The highest BCUT2D eigenvalue weighted by atomic mass is 16.5. The second-order valence-corrected chi connectivity index (χ2v) is 6.54. The first-order valence-electron chi connectivity index (χ1n) is 9.02. The summed E-state index contributed by atoms with van der Waals surface area (Å²) in [4.78, 5) is 38.0. The molecule has 0 saturated carbocycles. The van der Waals surface area contributed by atoms with Crippen LogP contribution in [-0.2, 0) is 9.53 Å². The van der Waals surface area contributed by atoms with Crippen molar-refractivity contribution in [1.29, 1.82) is 0 Å². The number of hydrogen-bond acceptors (Lipinski definition) is 5. The third-order valence-corrected chi connectivity index (χ3v) is 4.52. The van der Waals surface area contributed by atoms with Crippen LogP contribution in [0.15, 0.2) is 48.5 Å². The van der Waals surface area contributed by atoms with Crippen molar-refractivity contribution in [2.75, 3.05) is 26.3 Å². The maximum atomic E-state index is 12.3. The highest BCUT2D eigenvalue weighted by Crippen LogP contribution is 2.22. The Balaban J connectivity index is 1.61. The summed E-state index contributed by atoms with van der Waals surface area (Å²) < 4.78 is 5.62. The van der Waals surface area contributed by atoms with Gasteiger partial charge in [0.05, 0.1) is 30.4 Å². The normalized spacial score (nSPS) is 14.1. The Morgan fingerprint density at radius 2 is 1.68 bits per heavy atom. The van der Waals surface area contributed by atoms with Crippen LogP contribution in [0.2, 0.25) is 0 Å². The van der Waals surface area contributed by atoms with Crippen LogP contribution in [0.5, 0.6) is 0 Å². The number of nitrogens with one attached hydrogen (secondary N) is 1. The van der Waals surface area contributed by atoms with Crippen LogP contribution in [0.1, 0.15) is 37.9 Å². The number of imide groups is 1. The number of amides is 3. The molecule has 1 aliphatic rings. The smallest absolute Gasteiger partial charge is 0.262 e. The number of ether oxygens (including phenoxy) is 1. The van der Waals surface area contributed by atoms with Crippen LogP contribution in [0.25, 0.3) is 0 Å². The van der Waals surface area contributed by atoms with Gasteiger partial charge >= 0.3 is 0 Å². The molecule has 3 amide bonds. The zero-order valence-corrected chi connectivity index (χ0v) is 15.6. The van der Waals surface area contributed by atoms with Crippen molar-refractivity contribution in [3.05, 3.63) is 70.8 Å². The maximum Gasteiger partial charge on any atom is 0.262 e. The number of rotatable bonds is 8. The molecule has 146 valence electrons. The van der Waals surface area contributed by atoms with E-state index in [1.54, 1.807) is 24.3 Å². The van der Waals surface area contributed by atoms with E-state index in [4.69, 9.17) is 9.84 Å². The Morgan fingerprint density at radius 1 is 1.07 bits per heavy atom. The second kappa shape index (κ2) is 8.77. The minimum absolute atomic E-state index is 0.132. The van der Waals surface area contributed by atoms with Crippen LogP contribution in [-0.4, -0.2) is 54.0 Å². The number of aliphatic hydroxyl groups excluding tert-OH is 1. The predicted molar refractivity (Wildman–Crippen MR) is 102 cm³/mol. The molecule has 3 rings (SSSR count). The lowest BCUT2D eigenvalue weighted by molar-refractivity contribution is -0.122. The Kier molecular flexibility index (Phi) is 6.18. The van der Waals surface area contributed by atoms with Crippen molar-refractivity contribution in [2.45, 2.75) is 13.0 Å². The second-order valence-electron chi connectivity index (χ2n) is 6.54. The van der Waals surface area contributed by atoms with Gasteiger partial charge in [-0.1, -0.05) is 42.0 Å². The first-order chi connectivity index (χ1) is 13.5. The number of carbonyl (C=O) groups is 3. The molecule has 2 aromatic carbocycles. The summed E-state index contributed by atoms with van der Waals surface area (Å²) >= 11 is 0. The summed E-state index contributed by atoms with van der Waals surface area (Å²) in [5, 5.41) is 11.7. The minimum atomic E-state index is -0.470. The number of benzene rings is 2. The molecule has 1 aliphatic heterocycles. The van der Waals surface area contributed by atoms with Crippen LogP contribution in [0, 0.1) is 6.92 Å². The fraction of sp³-hybridized carbons (Fsp3) is 0.286. The van der Waals surface area contributed by atoms with Gasteiger partial charge in [0.25, 0.3) is 11.8 Å². The molecular formula is C21H22N2O5. The van der Waals surface area contributed by atoms with E-state index in [1.807, 2.05) is 31.2 Å². The zero-order valence-electron chi connectivity index (χ0n) is 15.6. The number of nitrogens with zero attached hydrogens (tertiary/aromatic N) is 1. The molecule has 0 saturated heterocycles. The van der Waals surface area contributed by atoms with Crippen molar-refractivity contribution in [2.24, 2.45) is 0 Å². The average molecular weight is 382 g/mol. The van der Waals surface area contributed by atoms with Crippen molar-refractivity contribution < 1.29 is 24.2 Å². The van der Waals surface area contributed by atoms with Gasteiger partial charge in [0.15, 0.2) is 0 Å². The highest BCUT2D eigenvalue weighted by molar-refractivity contribution is 6.22. The summed E-state index contributed by atoms with van der Waals surface area (Å²) in [6.45, 7) is 1.77. The van der Waals surface area contributed by atoms with E-state index >= 15 is 0 Å². The summed E-state index contributed by atoms with van der Waals surface area (Å²) in [5.74, 6) is -1.40. The number of fused-ring (bicyclic) bond motifs is 1. The van der Waals surface area contributed by atoms with Gasteiger partial charge in [-0.25, -0.2) is 0 Å². The van der Waals surface area contributed by atoms with E-state index in [2.05, 4.69) is 5.32 Å². The molecule has 2 aromatic rings. The third kappa shape index (κ3) is 4.27. The topological polar surface area (TPSA) is 95.9 Å². The minimum Gasteiger partial charge on any atom is -0.394 e. The maximum absolute atomic E-state index is 12.3. The zero-order chi connectivity index (χ0) is 20.1. The summed E-state index contributed by atoms with van der Waals surface area (Å²) in [6.07, 6.45) is -0.445. The van der Waals surface area contributed by atoms with Crippen LogP contribution in [0.4, 0.5) is 0 Å². The lowest BCUT2D eigenvalue weighted by Crippen LogP contribution is -2.41. The fourth-order valence-electron chi connectivity index (χ4n) is 3.04. The van der Waals surface area contributed by atoms with Gasteiger partial charge in [-0.2, -0.15) is 0 Å². The van der Waals surface area contributed by atoms with Gasteiger partial charge in [0, 0.05) is 6.54 Å². The molecule has 7 heteroatoms. The van der Waals surface area contributed by atoms with Crippen LogP contribution in [0.3, 0.4) is 0 Å². The van der Waals surface area contributed by atoms with E-state index in [1.165, 1.54) is 0 Å². The Hall–Kier alpha value is -3.03. The van der Waals surface area contributed by atoms with Gasteiger partial charge in [-0.15, -0.1) is 0 Å². The monoisotopic (exact) mass is 382 g/mol. The molecule has 1 heterocycles. The van der Waals surface area contributed by atoms with Gasteiger partial charge in [0.2, 0.25) is 5.91 Å². The first kappa shape index (κ1) is 19.7. The van der Waals surface area contributed by atoms with E-state index in [0.29, 0.717) is 11.1 Å². The fourth-order valence-corrected chi connectivity index (χ4v) is 3.04. The molecule has 0 spiro atoms. The number of aliphatic hydroxyl groups is 1. The molecule has 0 radical (unpaired) electrons. The van der Waals surface area contributed by atoms with Crippen molar-refractivity contribution >= 4 is 17.7 Å². The molecule has 7 nitrogen and oxygen atoms in total. The summed E-state index contributed by atoms with van der Waals surface area (Å²) in [7, 11) is 0. The molecule has 28 heavy (non-hydrogen) atoms. The summed E-state index contributed by atoms with van der Waals surface area (Å²) in [6, 6.07) is 14.2. The molecule has 1 unspecified atom stereocenters. The van der Waals surface area contributed by atoms with Gasteiger partial charge < -0.3 is 15.2 Å². The van der Waals surface area contributed by atoms with Gasteiger partial charge in [-0.05, 0) is 24.6 Å². The Bertz CT molecular complexity index is 844. The number of aryl methyl sites for hydroxylation is 1. The van der Waals surface area contributed by atoms with E-state index in [9.17, 15) is 14.4 Å². The van der Waals surface area contributed by atoms with Gasteiger partial charge in [0.1, 0.15) is 6.54 Å². The number of carbonyl (C=O) groups excluding carboxylic acids is 3. The van der Waals surface area contributed by atoms with E-state index in [0.717, 1.165) is 16.0 Å². The molecule has 0 fully saturated rings. The van der Waals surface area contributed by atoms with E-state index in [-0.39, 0.29) is 26.3 Å². The Labute approximate surface area is 162 Å². The third-order valence-electron chi connectivity index (χ3n) is 4.52. The molecule has 0 bridgehead atoms. The quantitative estimate of drug-likeness (QED) is 0.674. The highest BCUT2D eigenvalue weighted by Gasteiger charge is 2.36.